The van der Waals surface area contributed by atoms with Gasteiger partial charge in [-0.1, -0.05) is 38.0 Å². The van der Waals surface area contributed by atoms with Gasteiger partial charge in [-0.05, 0) is 37.8 Å². The summed E-state index contributed by atoms with van der Waals surface area (Å²) in [7, 11) is 0. The molecule has 2 amide bonds. The second-order valence-electron chi connectivity index (χ2n) is 9.63. The van der Waals surface area contributed by atoms with Crippen molar-refractivity contribution in [2.45, 2.75) is 64.3 Å². The van der Waals surface area contributed by atoms with Crippen molar-refractivity contribution in [3.05, 3.63) is 46.7 Å². The second kappa shape index (κ2) is 10.9. The van der Waals surface area contributed by atoms with E-state index in [9.17, 15) is 9.59 Å². The van der Waals surface area contributed by atoms with E-state index in [1.165, 1.54) is 0 Å². The number of nitrogens with one attached hydrogen (secondary N) is 1. The molecule has 0 bridgehead atoms. The number of hydrogen-bond donors (Lipinski definition) is 1. The molecule has 7 nitrogen and oxygen atoms in total. The standard InChI is InChI=1S/C27H34N4O3S/c1-2-3-4-12-24(32)28-27-29-25-21(9-7-11-23(25)35-27)26(33)31-15-13-30(14-16-31)18-20-17-19-8-5-6-10-22(19)34-20/h5-6,8,10,17,21H,2-4,7,9,11-16,18H2,1H3,(H,28,29,32). The number of para-hydroxylation sites is 1. The largest absolute Gasteiger partial charge is 0.460 e. The van der Waals surface area contributed by atoms with E-state index < -0.39 is 0 Å². The molecule has 8 heteroatoms. The highest BCUT2D eigenvalue weighted by Crippen LogP contribution is 2.38. The van der Waals surface area contributed by atoms with Crippen molar-refractivity contribution in [1.29, 1.82) is 0 Å². The van der Waals surface area contributed by atoms with E-state index in [0.29, 0.717) is 11.6 Å². The summed E-state index contributed by atoms with van der Waals surface area (Å²) in [5, 5.41) is 4.74. The van der Waals surface area contributed by atoms with Crippen molar-refractivity contribution in [1.82, 2.24) is 14.8 Å². The van der Waals surface area contributed by atoms with Crippen LogP contribution < -0.4 is 5.32 Å². The van der Waals surface area contributed by atoms with E-state index in [-0.39, 0.29) is 17.7 Å². The van der Waals surface area contributed by atoms with Gasteiger partial charge >= 0.3 is 0 Å². The Morgan fingerprint density at radius 3 is 2.80 bits per heavy atom. The molecule has 0 radical (unpaired) electrons. The number of rotatable bonds is 8. The molecule has 1 aliphatic heterocycles. The maximum absolute atomic E-state index is 13.5. The number of amides is 2. The average molecular weight is 495 g/mol. The summed E-state index contributed by atoms with van der Waals surface area (Å²) < 4.78 is 5.98. The first kappa shape index (κ1) is 24.0. The van der Waals surface area contributed by atoms with Gasteiger partial charge in [0.05, 0.1) is 18.2 Å². The number of fused-ring (bicyclic) bond motifs is 2. The van der Waals surface area contributed by atoms with Crippen LogP contribution in [0.5, 0.6) is 0 Å². The fourth-order valence-electron chi connectivity index (χ4n) is 5.11. The van der Waals surface area contributed by atoms with Crippen molar-refractivity contribution < 1.29 is 14.0 Å². The molecule has 186 valence electrons. The number of aromatic nitrogens is 1. The number of carbonyl (C=O) groups excluding carboxylic acids is 2. The molecule has 1 atom stereocenters. The lowest BCUT2D eigenvalue weighted by Crippen LogP contribution is -2.49. The Morgan fingerprint density at radius 1 is 1.17 bits per heavy atom. The number of unbranched alkanes of at least 4 members (excludes halogenated alkanes) is 2. The molecule has 2 aliphatic rings. The van der Waals surface area contributed by atoms with Crippen LogP contribution in [0.3, 0.4) is 0 Å². The lowest BCUT2D eigenvalue weighted by atomic mass is 9.89. The van der Waals surface area contributed by atoms with Crippen molar-refractivity contribution in [2.24, 2.45) is 0 Å². The molecule has 2 aromatic heterocycles. The first-order valence-electron chi connectivity index (χ1n) is 12.9. The smallest absolute Gasteiger partial charge is 0.231 e. The highest BCUT2D eigenvalue weighted by Gasteiger charge is 2.34. The fraction of sp³-hybridized carbons (Fsp3) is 0.519. The van der Waals surface area contributed by atoms with Crippen LogP contribution in [0.1, 0.15) is 67.7 Å². The van der Waals surface area contributed by atoms with Gasteiger partial charge < -0.3 is 14.6 Å². The molecule has 1 N–H and O–H groups in total. The Kier molecular flexibility index (Phi) is 7.48. The molecule has 1 aromatic carbocycles. The van der Waals surface area contributed by atoms with Crippen molar-refractivity contribution in [3.63, 3.8) is 0 Å². The molecule has 0 saturated carbocycles. The molecule has 1 aliphatic carbocycles. The summed E-state index contributed by atoms with van der Waals surface area (Å²) in [5.41, 5.74) is 1.81. The third kappa shape index (κ3) is 5.59. The van der Waals surface area contributed by atoms with Crippen molar-refractivity contribution >= 4 is 39.3 Å². The van der Waals surface area contributed by atoms with Crippen LogP contribution in [0.25, 0.3) is 11.0 Å². The van der Waals surface area contributed by atoms with Gasteiger partial charge in [-0.15, -0.1) is 11.3 Å². The summed E-state index contributed by atoms with van der Waals surface area (Å²) in [4.78, 5) is 35.9. The summed E-state index contributed by atoms with van der Waals surface area (Å²) in [5.74, 6) is 0.978. The number of aryl methyl sites for hydroxylation is 1. The van der Waals surface area contributed by atoms with Crippen LogP contribution >= 0.6 is 11.3 Å². The molecule has 3 aromatic rings. The van der Waals surface area contributed by atoms with E-state index >= 15 is 0 Å². The van der Waals surface area contributed by atoms with Crippen LogP contribution in [0.15, 0.2) is 34.7 Å². The number of piperazine rings is 1. The summed E-state index contributed by atoms with van der Waals surface area (Å²) in [6.45, 7) is 5.99. The number of anilines is 1. The fourth-order valence-corrected chi connectivity index (χ4v) is 6.19. The predicted octanol–water partition coefficient (Wildman–Crippen LogP) is 5.17. The SMILES string of the molecule is CCCCCC(=O)Nc1nc2c(s1)CCCC2C(=O)N1CCN(Cc2cc3ccccc3o2)CC1. The predicted molar refractivity (Wildman–Crippen MR) is 139 cm³/mol. The number of benzene rings is 1. The maximum Gasteiger partial charge on any atom is 0.231 e. The maximum atomic E-state index is 13.5. The zero-order chi connectivity index (χ0) is 24.2. The highest BCUT2D eigenvalue weighted by atomic mass is 32.1. The van der Waals surface area contributed by atoms with Crippen molar-refractivity contribution in [2.75, 3.05) is 31.5 Å². The summed E-state index contributed by atoms with van der Waals surface area (Å²) in [6, 6.07) is 10.2. The van der Waals surface area contributed by atoms with Gasteiger partial charge in [0.2, 0.25) is 11.8 Å². The first-order chi connectivity index (χ1) is 17.1. The Labute approximate surface area is 210 Å². The minimum atomic E-state index is -0.192. The van der Waals surface area contributed by atoms with E-state index in [1.54, 1.807) is 11.3 Å². The Bertz CT molecular complexity index is 1150. The van der Waals surface area contributed by atoms with E-state index in [1.807, 2.05) is 23.1 Å². The number of thiazole rings is 1. The lowest BCUT2D eigenvalue weighted by molar-refractivity contribution is -0.135. The first-order valence-corrected chi connectivity index (χ1v) is 13.7. The quantitative estimate of drug-likeness (QED) is 0.437. The number of nitrogens with zero attached hydrogens (tertiary/aromatic N) is 3. The molecule has 1 fully saturated rings. The zero-order valence-electron chi connectivity index (χ0n) is 20.4. The van der Waals surface area contributed by atoms with Crippen molar-refractivity contribution in [3.8, 4) is 0 Å². The lowest BCUT2D eigenvalue weighted by Gasteiger charge is -2.36. The second-order valence-corrected chi connectivity index (χ2v) is 10.7. The van der Waals surface area contributed by atoms with Crippen LogP contribution in [-0.2, 0) is 22.6 Å². The third-order valence-electron chi connectivity index (χ3n) is 7.05. The Morgan fingerprint density at radius 2 is 2.00 bits per heavy atom. The normalized spacial score (nSPS) is 18.5. The van der Waals surface area contributed by atoms with Gasteiger partial charge in [-0.3, -0.25) is 14.5 Å². The zero-order valence-corrected chi connectivity index (χ0v) is 21.2. The Hall–Kier alpha value is -2.71. The molecule has 5 rings (SSSR count). The average Bonchev–Trinajstić information content (AvgIpc) is 3.47. The minimum Gasteiger partial charge on any atom is -0.460 e. The summed E-state index contributed by atoms with van der Waals surface area (Å²) >= 11 is 1.54. The van der Waals surface area contributed by atoms with Gasteiger partial charge in [0.25, 0.3) is 0 Å². The molecular weight excluding hydrogens is 460 g/mol. The molecule has 1 saturated heterocycles. The molecule has 35 heavy (non-hydrogen) atoms. The number of hydrogen-bond acceptors (Lipinski definition) is 6. The van der Waals surface area contributed by atoms with Gasteiger partial charge in [0.1, 0.15) is 11.3 Å². The Balaban J connectivity index is 1.17. The van der Waals surface area contributed by atoms with Gasteiger partial charge in [-0.25, -0.2) is 4.98 Å². The number of carbonyl (C=O) groups is 2. The molecule has 1 unspecified atom stereocenters. The highest BCUT2D eigenvalue weighted by molar-refractivity contribution is 7.15. The summed E-state index contributed by atoms with van der Waals surface area (Å²) in [6.07, 6.45) is 6.34. The van der Waals surface area contributed by atoms with E-state index in [0.717, 1.165) is 98.5 Å². The van der Waals surface area contributed by atoms with Gasteiger partial charge in [0, 0.05) is 42.9 Å². The topological polar surface area (TPSA) is 78.7 Å². The third-order valence-corrected chi connectivity index (χ3v) is 8.09. The molecular formula is C27H34N4O3S. The minimum absolute atomic E-state index is 0.0213. The molecule has 0 spiro atoms. The van der Waals surface area contributed by atoms with Crippen LogP contribution in [0.2, 0.25) is 0 Å². The monoisotopic (exact) mass is 494 g/mol. The molecule has 3 heterocycles. The van der Waals surface area contributed by atoms with E-state index in [4.69, 9.17) is 9.40 Å². The number of furan rings is 1. The van der Waals surface area contributed by atoms with Gasteiger partial charge in [0.15, 0.2) is 5.13 Å². The van der Waals surface area contributed by atoms with Crippen LogP contribution in [-0.4, -0.2) is 52.8 Å². The van der Waals surface area contributed by atoms with Crippen LogP contribution in [0.4, 0.5) is 5.13 Å². The van der Waals surface area contributed by atoms with E-state index in [2.05, 4.69) is 29.3 Å². The van der Waals surface area contributed by atoms with Gasteiger partial charge in [-0.2, -0.15) is 0 Å². The van der Waals surface area contributed by atoms with Crippen LogP contribution in [0, 0.1) is 0 Å².